The molecule has 1 heterocycles. The van der Waals surface area contributed by atoms with Crippen molar-refractivity contribution in [2.24, 2.45) is 11.8 Å². The molecule has 0 amide bonds. The Morgan fingerprint density at radius 1 is 1.62 bits per heavy atom. The van der Waals surface area contributed by atoms with Crippen LogP contribution in [0.4, 0.5) is 0 Å². The molecule has 0 saturated heterocycles. The minimum absolute atomic E-state index is 0.370. The summed E-state index contributed by atoms with van der Waals surface area (Å²) in [6.07, 6.45) is 3.06. The predicted molar refractivity (Wildman–Crippen MR) is 66.6 cm³/mol. The van der Waals surface area contributed by atoms with Crippen molar-refractivity contribution in [1.29, 1.82) is 0 Å². The minimum Gasteiger partial charge on any atom is -0.309 e. The van der Waals surface area contributed by atoms with Gasteiger partial charge >= 0.3 is 0 Å². The van der Waals surface area contributed by atoms with Crippen LogP contribution in [-0.2, 0) is 6.54 Å². The second-order valence-corrected chi connectivity index (χ2v) is 5.01. The van der Waals surface area contributed by atoms with E-state index in [-0.39, 0.29) is 0 Å². The van der Waals surface area contributed by atoms with Crippen LogP contribution in [0, 0.1) is 11.8 Å². The molecule has 3 unspecified atom stereocenters. The first-order valence-corrected chi connectivity index (χ1v) is 6.51. The first kappa shape index (κ1) is 11.9. The predicted octanol–water partition coefficient (Wildman–Crippen LogP) is 2.86. The van der Waals surface area contributed by atoms with E-state index < -0.39 is 0 Å². The normalized spacial score (nSPS) is 25.8. The third kappa shape index (κ3) is 2.11. The maximum absolute atomic E-state index is 6.25. The number of nitrogens with zero attached hydrogens (tertiary/aromatic N) is 2. The fourth-order valence-corrected chi connectivity index (χ4v) is 2.68. The van der Waals surface area contributed by atoms with Gasteiger partial charge in [0.2, 0.25) is 0 Å². The maximum atomic E-state index is 6.25. The summed E-state index contributed by atoms with van der Waals surface area (Å²) >= 11 is 6.25. The van der Waals surface area contributed by atoms with Crippen LogP contribution in [0.2, 0.25) is 5.02 Å². The molecule has 0 spiro atoms. The number of hydrogen-bond donors (Lipinski definition) is 1. The standard InChI is InChI=1S/C12H20ClN3/c1-4-14-11(9-6-8(9)3)12-10(13)7-15-16(12)5-2/h7-9,11,14H,4-6H2,1-3H3. The lowest BCUT2D eigenvalue weighted by molar-refractivity contribution is 0.436. The second-order valence-electron chi connectivity index (χ2n) is 4.61. The Morgan fingerprint density at radius 3 is 2.81 bits per heavy atom. The topological polar surface area (TPSA) is 29.9 Å². The van der Waals surface area contributed by atoms with Crippen molar-refractivity contribution in [3.05, 3.63) is 16.9 Å². The third-order valence-electron chi connectivity index (χ3n) is 3.45. The van der Waals surface area contributed by atoms with Gasteiger partial charge in [-0.15, -0.1) is 0 Å². The Labute approximate surface area is 102 Å². The number of aromatic nitrogens is 2. The number of rotatable bonds is 5. The largest absolute Gasteiger partial charge is 0.309 e. The van der Waals surface area contributed by atoms with Gasteiger partial charge in [0.05, 0.1) is 23.0 Å². The molecule has 3 atom stereocenters. The zero-order valence-electron chi connectivity index (χ0n) is 10.2. The Kier molecular flexibility index (Phi) is 3.55. The Morgan fingerprint density at radius 2 is 2.31 bits per heavy atom. The molecule has 90 valence electrons. The lowest BCUT2D eigenvalue weighted by atomic mass is 10.1. The van der Waals surface area contributed by atoms with Gasteiger partial charge in [0.15, 0.2) is 0 Å². The summed E-state index contributed by atoms with van der Waals surface area (Å²) in [4.78, 5) is 0. The summed E-state index contributed by atoms with van der Waals surface area (Å²) in [5.74, 6) is 1.53. The van der Waals surface area contributed by atoms with Gasteiger partial charge < -0.3 is 5.32 Å². The van der Waals surface area contributed by atoms with Gasteiger partial charge in [0.25, 0.3) is 0 Å². The van der Waals surface area contributed by atoms with E-state index in [2.05, 4.69) is 31.2 Å². The van der Waals surface area contributed by atoms with E-state index in [4.69, 9.17) is 11.6 Å². The molecule has 0 radical (unpaired) electrons. The maximum Gasteiger partial charge on any atom is 0.0834 e. The first-order valence-electron chi connectivity index (χ1n) is 6.13. The van der Waals surface area contributed by atoms with E-state index >= 15 is 0 Å². The highest BCUT2D eigenvalue weighted by molar-refractivity contribution is 6.31. The summed E-state index contributed by atoms with van der Waals surface area (Å²) in [6.45, 7) is 8.40. The highest BCUT2D eigenvalue weighted by atomic mass is 35.5. The molecule has 0 aromatic carbocycles. The van der Waals surface area contributed by atoms with Gasteiger partial charge in [-0.25, -0.2) is 0 Å². The van der Waals surface area contributed by atoms with Gasteiger partial charge in [0.1, 0.15) is 0 Å². The molecule has 1 aromatic rings. The SMILES string of the molecule is CCNC(c1c(Cl)cnn1CC)C1CC1C. The van der Waals surface area contributed by atoms with Crippen LogP contribution in [0.3, 0.4) is 0 Å². The zero-order valence-corrected chi connectivity index (χ0v) is 11.0. The molecule has 4 heteroatoms. The van der Waals surface area contributed by atoms with Crippen molar-refractivity contribution >= 4 is 11.6 Å². The van der Waals surface area contributed by atoms with Crippen LogP contribution >= 0.6 is 11.6 Å². The van der Waals surface area contributed by atoms with E-state index in [1.165, 1.54) is 12.1 Å². The zero-order chi connectivity index (χ0) is 11.7. The summed E-state index contributed by atoms with van der Waals surface area (Å²) < 4.78 is 2.01. The molecule has 1 aliphatic carbocycles. The second kappa shape index (κ2) is 4.76. The van der Waals surface area contributed by atoms with E-state index in [9.17, 15) is 0 Å². The quantitative estimate of drug-likeness (QED) is 0.859. The molecule has 0 aliphatic heterocycles. The molecule has 0 bridgehead atoms. The monoisotopic (exact) mass is 241 g/mol. The highest BCUT2D eigenvalue weighted by Gasteiger charge is 2.41. The van der Waals surface area contributed by atoms with Crippen LogP contribution in [0.15, 0.2) is 6.20 Å². The Hall–Kier alpha value is -0.540. The molecular formula is C12H20ClN3. The van der Waals surface area contributed by atoms with Gasteiger partial charge in [-0.3, -0.25) is 4.68 Å². The molecule has 1 N–H and O–H groups in total. The smallest absolute Gasteiger partial charge is 0.0834 e. The van der Waals surface area contributed by atoms with Crippen LogP contribution in [0.1, 0.15) is 38.9 Å². The summed E-state index contributed by atoms with van der Waals surface area (Å²) in [6, 6.07) is 0.370. The van der Waals surface area contributed by atoms with Crippen LogP contribution in [0.5, 0.6) is 0 Å². The molecule has 1 aromatic heterocycles. The Balaban J connectivity index is 2.26. The van der Waals surface area contributed by atoms with Gasteiger partial charge in [-0.05, 0) is 31.7 Å². The lowest BCUT2D eigenvalue weighted by Gasteiger charge is -2.19. The van der Waals surface area contributed by atoms with Crippen molar-refractivity contribution in [2.45, 2.75) is 39.8 Å². The van der Waals surface area contributed by atoms with E-state index in [0.29, 0.717) is 6.04 Å². The minimum atomic E-state index is 0.370. The van der Waals surface area contributed by atoms with Crippen molar-refractivity contribution in [3.8, 4) is 0 Å². The van der Waals surface area contributed by atoms with Crippen LogP contribution in [-0.4, -0.2) is 16.3 Å². The summed E-state index contributed by atoms with van der Waals surface area (Å²) in [5, 5.41) is 8.66. The summed E-state index contributed by atoms with van der Waals surface area (Å²) in [7, 11) is 0. The number of nitrogens with one attached hydrogen (secondary N) is 1. The van der Waals surface area contributed by atoms with E-state index in [1.54, 1.807) is 6.20 Å². The van der Waals surface area contributed by atoms with E-state index in [1.807, 2.05) is 4.68 Å². The van der Waals surface area contributed by atoms with E-state index in [0.717, 1.165) is 29.9 Å². The fraction of sp³-hybridized carbons (Fsp3) is 0.750. The van der Waals surface area contributed by atoms with Crippen LogP contribution in [0.25, 0.3) is 0 Å². The molecule has 1 fully saturated rings. The van der Waals surface area contributed by atoms with Crippen molar-refractivity contribution in [2.75, 3.05) is 6.54 Å². The fourth-order valence-electron chi connectivity index (χ4n) is 2.42. The number of halogens is 1. The van der Waals surface area contributed by atoms with Crippen LogP contribution < -0.4 is 5.32 Å². The first-order chi connectivity index (χ1) is 7.69. The van der Waals surface area contributed by atoms with Gasteiger partial charge in [-0.2, -0.15) is 5.10 Å². The molecule has 3 nitrogen and oxygen atoms in total. The summed E-state index contributed by atoms with van der Waals surface area (Å²) in [5.41, 5.74) is 1.17. The van der Waals surface area contributed by atoms with Gasteiger partial charge in [-0.1, -0.05) is 25.4 Å². The van der Waals surface area contributed by atoms with Crippen molar-refractivity contribution in [3.63, 3.8) is 0 Å². The highest BCUT2D eigenvalue weighted by Crippen LogP contribution is 2.48. The molecular weight excluding hydrogens is 222 g/mol. The van der Waals surface area contributed by atoms with Crippen molar-refractivity contribution < 1.29 is 0 Å². The molecule has 2 rings (SSSR count). The third-order valence-corrected chi connectivity index (χ3v) is 3.74. The lowest BCUT2D eigenvalue weighted by Crippen LogP contribution is -2.26. The number of hydrogen-bond acceptors (Lipinski definition) is 2. The van der Waals surface area contributed by atoms with Gasteiger partial charge in [0, 0.05) is 6.54 Å². The number of aryl methyl sites for hydroxylation is 1. The average molecular weight is 242 g/mol. The molecule has 1 saturated carbocycles. The average Bonchev–Trinajstić information content (AvgIpc) is 2.86. The molecule has 1 aliphatic rings. The molecule has 16 heavy (non-hydrogen) atoms. The Bertz CT molecular complexity index is 361. The van der Waals surface area contributed by atoms with Crippen molar-refractivity contribution in [1.82, 2.24) is 15.1 Å².